The summed E-state index contributed by atoms with van der Waals surface area (Å²) in [4.78, 5) is 24.3. The van der Waals surface area contributed by atoms with E-state index in [1.165, 1.54) is 0 Å². The van der Waals surface area contributed by atoms with Crippen molar-refractivity contribution >= 4 is 67.1 Å². The van der Waals surface area contributed by atoms with E-state index in [0.717, 1.165) is 52.2 Å². The monoisotopic (exact) mass is 530 g/mol. The van der Waals surface area contributed by atoms with Gasteiger partial charge in [-0.2, -0.15) is 0 Å². The lowest BCUT2D eigenvalue weighted by Gasteiger charge is -2.07. The first-order valence-electron chi connectivity index (χ1n) is 8.29. The Morgan fingerprint density at radius 1 is 0.607 bits per heavy atom. The molecule has 4 aromatic rings. The van der Waals surface area contributed by atoms with Gasteiger partial charge in [0.1, 0.15) is 12.6 Å². The van der Waals surface area contributed by atoms with Crippen molar-refractivity contribution in [3.8, 4) is 32.0 Å². The van der Waals surface area contributed by atoms with Gasteiger partial charge in [0.2, 0.25) is 0 Å². The second-order valence-electron chi connectivity index (χ2n) is 6.07. The molecule has 6 heteroatoms. The summed E-state index contributed by atoms with van der Waals surface area (Å²) in [6.45, 7) is 0. The smallest absolute Gasteiger partial charge is 0.150 e. The summed E-state index contributed by atoms with van der Waals surface area (Å²) in [5, 5.41) is 0. The molecule has 0 aliphatic rings. The van der Waals surface area contributed by atoms with Crippen molar-refractivity contribution in [2.45, 2.75) is 0 Å². The summed E-state index contributed by atoms with van der Waals surface area (Å²) in [6, 6.07) is 19.5. The van der Waals surface area contributed by atoms with Crippen molar-refractivity contribution in [1.82, 2.24) is 0 Å². The van der Waals surface area contributed by atoms with Gasteiger partial charge in [0.15, 0.2) is 0 Å². The van der Waals surface area contributed by atoms with E-state index in [1.807, 2.05) is 48.5 Å². The van der Waals surface area contributed by atoms with Crippen LogP contribution in [0.15, 0.2) is 68.2 Å². The average molecular weight is 532 g/mol. The molecule has 4 rings (SSSR count). The molecule has 138 valence electrons. The Kier molecular flexibility index (Phi) is 5.73. The molecule has 0 unspecified atom stereocenters. The zero-order valence-electron chi connectivity index (χ0n) is 14.3. The number of carbonyl (C=O) groups is 2. The van der Waals surface area contributed by atoms with Crippen molar-refractivity contribution < 1.29 is 9.59 Å². The van der Waals surface area contributed by atoms with E-state index in [2.05, 4.69) is 44.0 Å². The van der Waals surface area contributed by atoms with Crippen LogP contribution in [0.2, 0.25) is 0 Å². The molecule has 0 spiro atoms. The summed E-state index contributed by atoms with van der Waals surface area (Å²) in [5.74, 6) is 0. The minimum absolute atomic E-state index is 0.661. The highest BCUT2D eigenvalue weighted by atomic mass is 79.9. The SMILES string of the molecule is O=Cc1ccc(-c2cc(Br)sc2-c2sc(Br)cc2-c2ccc(C=O)cc2)cc1. The predicted molar refractivity (Wildman–Crippen MR) is 125 cm³/mol. The van der Waals surface area contributed by atoms with Gasteiger partial charge < -0.3 is 0 Å². The number of thiophene rings is 2. The number of aldehydes is 2. The Bertz CT molecular complexity index is 1060. The van der Waals surface area contributed by atoms with E-state index in [-0.39, 0.29) is 0 Å². The molecule has 0 saturated heterocycles. The van der Waals surface area contributed by atoms with Crippen molar-refractivity contribution in [2.75, 3.05) is 0 Å². The predicted octanol–water partition coefficient (Wildman–Crippen LogP) is 7.96. The summed E-state index contributed by atoms with van der Waals surface area (Å²) in [5.41, 5.74) is 5.69. The number of hydrogen-bond donors (Lipinski definition) is 0. The lowest BCUT2D eigenvalue weighted by molar-refractivity contribution is 0.111. The van der Waals surface area contributed by atoms with Gasteiger partial charge in [0, 0.05) is 22.3 Å². The maximum Gasteiger partial charge on any atom is 0.150 e. The maximum atomic E-state index is 11.0. The van der Waals surface area contributed by atoms with Gasteiger partial charge in [0.25, 0.3) is 0 Å². The molecule has 28 heavy (non-hydrogen) atoms. The zero-order chi connectivity index (χ0) is 19.7. The molecule has 2 aromatic heterocycles. The molecular weight excluding hydrogens is 520 g/mol. The first-order chi connectivity index (χ1) is 13.6. The highest BCUT2D eigenvalue weighted by molar-refractivity contribution is 9.11. The fraction of sp³-hybridized carbons (Fsp3) is 0. The third-order valence-corrected chi connectivity index (χ3v) is 7.77. The lowest BCUT2D eigenvalue weighted by atomic mass is 10.0. The summed E-state index contributed by atoms with van der Waals surface area (Å²) in [7, 11) is 0. The van der Waals surface area contributed by atoms with Gasteiger partial charge in [-0.25, -0.2) is 0 Å². The van der Waals surface area contributed by atoms with Gasteiger partial charge in [0.05, 0.1) is 17.3 Å². The van der Waals surface area contributed by atoms with Crippen LogP contribution in [0, 0.1) is 0 Å². The molecule has 0 aliphatic carbocycles. The van der Waals surface area contributed by atoms with Crippen molar-refractivity contribution in [3.05, 3.63) is 79.4 Å². The molecule has 2 nitrogen and oxygen atoms in total. The Balaban J connectivity index is 1.86. The first kappa shape index (κ1) is 19.5. The van der Waals surface area contributed by atoms with Crippen LogP contribution in [0.4, 0.5) is 0 Å². The summed E-state index contributed by atoms with van der Waals surface area (Å²) < 4.78 is 2.09. The molecule has 0 bridgehead atoms. The quantitative estimate of drug-likeness (QED) is 0.245. The number of carbonyl (C=O) groups excluding carboxylic acids is 2. The second kappa shape index (κ2) is 8.25. The number of benzene rings is 2. The van der Waals surface area contributed by atoms with E-state index in [9.17, 15) is 9.59 Å². The zero-order valence-corrected chi connectivity index (χ0v) is 19.1. The normalized spacial score (nSPS) is 10.8. The van der Waals surface area contributed by atoms with Crippen LogP contribution in [-0.2, 0) is 0 Å². The van der Waals surface area contributed by atoms with Crippen LogP contribution >= 0.6 is 54.5 Å². The molecule has 0 fully saturated rings. The first-order valence-corrected chi connectivity index (χ1v) is 11.5. The highest BCUT2D eigenvalue weighted by Gasteiger charge is 2.19. The summed E-state index contributed by atoms with van der Waals surface area (Å²) in [6.07, 6.45) is 1.71. The van der Waals surface area contributed by atoms with E-state index < -0.39 is 0 Å². The Labute approximate surface area is 187 Å². The molecular formula is C22H12Br2O2S2. The molecule has 0 atom stereocenters. The minimum atomic E-state index is 0.661. The lowest BCUT2D eigenvalue weighted by Crippen LogP contribution is -1.83. The van der Waals surface area contributed by atoms with Gasteiger partial charge in [-0.1, -0.05) is 48.5 Å². The van der Waals surface area contributed by atoms with Crippen LogP contribution in [-0.4, -0.2) is 12.6 Å². The average Bonchev–Trinajstić information content (AvgIpc) is 3.30. The van der Waals surface area contributed by atoms with Crippen molar-refractivity contribution in [1.29, 1.82) is 0 Å². The molecule has 2 heterocycles. The van der Waals surface area contributed by atoms with Gasteiger partial charge in [-0.3, -0.25) is 9.59 Å². The van der Waals surface area contributed by atoms with Crippen LogP contribution in [0.25, 0.3) is 32.0 Å². The van der Waals surface area contributed by atoms with Crippen LogP contribution in [0.5, 0.6) is 0 Å². The van der Waals surface area contributed by atoms with Gasteiger partial charge in [-0.05, 0) is 55.1 Å². The third kappa shape index (κ3) is 3.82. The van der Waals surface area contributed by atoms with Gasteiger partial charge in [-0.15, -0.1) is 22.7 Å². The van der Waals surface area contributed by atoms with E-state index >= 15 is 0 Å². The van der Waals surface area contributed by atoms with Gasteiger partial charge >= 0.3 is 0 Å². The van der Waals surface area contributed by atoms with Crippen LogP contribution < -0.4 is 0 Å². The fourth-order valence-electron chi connectivity index (χ4n) is 2.97. The van der Waals surface area contributed by atoms with Crippen LogP contribution in [0.3, 0.4) is 0 Å². The summed E-state index contributed by atoms with van der Waals surface area (Å²) >= 11 is 10.6. The number of hydrogen-bond acceptors (Lipinski definition) is 4. The molecule has 0 amide bonds. The highest BCUT2D eigenvalue weighted by Crippen LogP contribution is 2.49. The topological polar surface area (TPSA) is 34.1 Å². The fourth-order valence-corrected chi connectivity index (χ4v) is 6.37. The number of halogens is 2. The standard InChI is InChI=1S/C22H12Br2O2S2/c23-19-9-17(15-5-1-13(11-25)2-6-15)21(27-19)22-18(10-20(24)28-22)16-7-3-14(12-26)4-8-16/h1-12H. The second-order valence-corrected chi connectivity index (χ2v) is 10.9. The third-order valence-electron chi connectivity index (χ3n) is 4.33. The largest absolute Gasteiger partial charge is 0.298 e. The number of rotatable bonds is 5. The Morgan fingerprint density at radius 2 is 0.964 bits per heavy atom. The molecule has 0 aliphatic heterocycles. The van der Waals surface area contributed by atoms with Crippen molar-refractivity contribution in [3.63, 3.8) is 0 Å². The molecule has 0 N–H and O–H groups in total. The molecule has 0 radical (unpaired) electrons. The van der Waals surface area contributed by atoms with E-state index in [1.54, 1.807) is 22.7 Å². The van der Waals surface area contributed by atoms with E-state index in [4.69, 9.17) is 0 Å². The molecule has 2 aromatic carbocycles. The van der Waals surface area contributed by atoms with Crippen LogP contribution in [0.1, 0.15) is 20.7 Å². The maximum absolute atomic E-state index is 11.0. The molecule has 0 saturated carbocycles. The van der Waals surface area contributed by atoms with E-state index in [0.29, 0.717) is 11.1 Å². The Morgan fingerprint density at radius 3 is 1.29 bits per heavy atom. The van der Waals surface area contributed by atoms with Crippen molar-refractivity contribution in [2.24, 2.45) is 0 Å². The Hall–Kier alpha value is -1.86. The minimum Gasteiger partial charge on any atom is -0.298 e.